The zero-order valence-electron chi connectivity index (χ0n) is 35.9. The van der Waals surface area contributed by atoms with Crippen LogP contribution in [0.1, 0.15) is 150 Å². The van der Waals surface area contributed by atoms with Crippen LogP contribution >= 0.6 is 0 Å². The Bertz CT molecular complexity index is 1210. The van der Waals surface area contributed by atoms with Gasteiger partial charge in [0, 0.05) is 55.1 Å². The van der Waals surface area contributed by atoms with Gasteiger partial charge in [0.1, 0.15) is 0 Å². The molecule has 0 spiro atoms. The minimum atomic E-state index is -0.250. The lowest BCUT2D eigenvalue weighted by Gasteiger charge is -2.64. The molecule has 0 aromatic rings. The molecule has 0 fully saturated rings. The first-order valence-electron chi connectivity index (χ1n) is 19.0. The van der Waals surface area contributed by atoms with Crippen LogP contribution in [-0.2, 0) is 0 Å². The Morgan fingerprint density at radius 2 is 0.500 bits per heavy atom. The molecule has 0 bridgehead atoms. The Kier molecular flexibility index (Phi) is 9.19. The second kappa shape index (κ2) is 11.1. The van der Waals surface area contributed by atoms with E-state index < -0.39 is 0 Å². The normalized spacial score (nSPS) is 30.2. The molecule has 0 amide bonds. The Labute approximate surface area is 299 Å². The molecule has 4 aliphatic heterocycles. The first-order chi connectivity index (χ1) is 21.1. The van der Waals surface area contributed by atoms with E-state index in [1.54, 1.807) is 22.3 Å². The lowest BCUT2D eigenvalue weighted by atomic mass is 9.46. The average molecular weight is 663 g/mol. The van der Waals surface area contributed by atoms with E-state index in [9.17, 15) is 0 Å². The predicted molar refractivity (Wildman–Crippen MR) is 211 cm³/mol. The molecule has 0 aromatic heterocycles. The molecule has 0 aliphatic carbocycles. The summed E-state index contributed by atoms with van der Waals surface area (Å²) in [6, 6.07) is 0. The van der Waals surface area contributed by atoms with Gasteiger partial charge in [0.25, 0.3) is 0 Å². The van der Waals surface area contributed by atoms with E-state index >= 15 is 0 Å². The number of hydrogen-bond donors (Lipinski definition) is 0. The highest BCUT2D eigenvalue weighted by atomic mass is 15.3. The van der Waals surface area contributed by atoms with E-state index in [1.807, 2.05) is 0 Å². The Hall–Kier alpha value is -1.20. The van der Waals surface area contributed by atoms with Crippen molar-refractivity contribution in [2.75, 3.05) is 28.2 Å². The summed E-state index contributed by atoms with van der Waals surface area (Å²) in [5, 5.41) is 0. The van der Waals surface area contributed by atoms with E-state index in [0.29, 0.717) is 0 Å². The third kappa shape index (κ3) is 5.99. The third-order valence-corrected chi connectivity index (χ3v) is 15.3. The summed E-state index contributed by atoms with van der Waals surface area (Å²) in [5.74, 6) is 0. The van der Waals surface area contributed by atoms with Crippen molar-refractivity contribution in [1.29, 1.82) is 0 Å². The zero-order chi connectivity index (χ0) is 37.3. The lowest BCUT2D eigenvalue weighted by molar-refractivity contribution is 0.0173. The molecule has 4 aliphatic rings. The van der Waals surface area contributed by atoms with Crippen LogP contribution in [0.4, 0.5) is 0 Å². The first kappa shape index (κ1) is 39.6. The summed E-state index contributed by atoms with van der Waals surface area (Å²) in [6.07, 6.45) is 15.0. The molecule has 0 saturated carbocycles. The van der Waals surface area contributed by atoms with Gasteiger partial charge in [-0.25, -0.2) is 0 Å². The number of hydrogen-bond acceptors (Lipinski definition) is 4. The fourth-order valence-electron chi connectivity index (χ4n) is 10.7. The van der Waals surface area contributed by atoms with Gasteiger partial charge >= 0.3 is 0 Å². The molecule has 0 aromatic carbocycles. The monoisotopic (exact) mass is 663 g/mol. The van der Waals surface area contributed by atoms with Gasteiger partial charge < -0.3 is 0 Å². The van der Waals surface area contributed by atoms with Gasteiger partial charge in [0.05, 0.1) is 0 Å². The number of rotatable bonds is 5. The standard InChI is InChI=1S/C44H78N4/c1-35(2)23-31(24-36(3,4)45(35)19)43(17,32-25-37(5,6)46(20)38(7,8)26-32)44(18,33-27-39(9,10)47(21)40(11,12)28-33)34-29-41(13,14)48(22)42(15,16)30-34/h23,25,27,29H,24,26,28,30H2,1-22H3. The molecular formula is C44H78N4. The maximum Gasteiger partial charge on any atom is 0.0340 e. The van der Waals surface area contributed by atoms with Crippen molar-refractivity contribution in [2.45, 2.75) is 195 Å². The molecule has 0 radical (unpaired) electrons. The summed E-state index contributed by atoms with van der Waals surface area (Å²) < 4.78 is 0. The number of nitrogens with zero attached hydrogens (tertiary/aromatic N) is 4. The molecular weight excluding hydrogens is 585 g/mol. The average Bonchev–Trinajstić information content (AvgIpc) is 2.89. The van der Waals surface area contributed by atoms with Crippen molar-refractivity contribution < 1.29 is 0 Å². The molecule has 48 heavy (non-hydrogen) atoms. The molecule has 4 rings (SSSR count). The molecule has 274 valence electrons. The Balaban J connectivity index is 2.26. The highest BCUT2D eigenvalue weighted by molar-refractivity contribution is 5.51. The second-order valence-corrected chi connectivity index (χ2v) is 21.7. The van der Waals surface area contributed by atoms with Crippen molar-refractivity contribution in [3.05, 3.63) is 46.6 Å². The maximum absolute atomic E-state index is 2.70. The molecule has 0 atom stereocenters. The molecule has 0 N–H and O–H groups in total. The quantitative estimate of drug-likeness (QED) is 0.272. The van der Waals surface area contributed by atoms with E-state index in [0.717, 1.165) is 25.7 Å². The van der Waals surface area contributed by atoms with Gasteiger partial charge in [-0.1, -0.05) is 60.4 Å². The fourth-order valence-corrected chi connectivity index (χ4v) is 10.7. The van der Waals surface area contributed by atoms with Crippen LogP contribution in [0.3, 0.4) is 0 Å². The second-order valence-electron chi connectivity index (χ2n) is 21.7. The Morgan fingerprint density at radius 3 is 0.625 bits per heavy atom. The molecule has 0 saturated heterocycles. The van der Waals surface area contributed by atoms with Gasteiger partial charge in [-0.05, 0) is 165 Å². The van der Waals surface area contributed by atoms with Crippen molar-refractivity contribution >= 4 is 0 Å². The summed E-state index contributed by atoms with van der Waals surface area (Å²) in [5.41, 5.74) is 5.75. The van der Waals surface area contributed by atoms with Gasteiger partial charge in [0.15, 0.2) is 0 Å². The van der Waals surface area contributed by atoms with E-state index in [4.69, 9.17) is 0 Å². The van der Waals surface area contributed by atoms with Crippen LogP contribution in [0.25, 0.3) is 0 Å². The van der Waals surface area contributed by atoms with Crippen molar-refractivity contribution in [3.8, 4) is 0 Å². The van der Waals surface area contributed by atoms with E-state index in [-0.39, 0.29) is 55.1 Å². The van der Waals surface area contributed by atoms with Gasteiger partial charge in [-0.3, -0.25) is 19.6 Å². The van der Waals surface area contributed by atoms with Crippen molar-refractivity contribution in [2.24, 2.45) is 10.8 Å². The van der Waals surface area contributed by atoms with Crippen LogP contribution in [0.2, 0.25) is 0 Å². The number of likely N-dealkylation sites (N-methyl/N-ethyl adjacent to an activating group) is 4. The minimum Gasteiger partial charge on any atom is -0.292 e. The largest absolute Gasteiger partial charge is 0.292 e. The summed E-state index contributed by atoms with van der Waals surface area (Å²) in [7, 11) is 9.33. The van der Waals surface area contributed by atoms with Crippen LogP contribution < -0.4 is 0 Å². The lowest BCUT2D eigenvalue weighted by Crippen LogP contribution is -2.63. The highest BCUT2D eigenvalue weighted by Crippen LogP contribution is 2.67. The minimum absolute atomic E-state index is 0.0201. The highest BCUT2D eigenvalue weighted by Gasteiger charge is 2.61. The van der Waals surface area contributed by atoms with Crippen LogP contribution in [0.5, 0.6) is 0 Å². The Morgan fingerprint density at radius 1 is 0.354 bits per heavy atom. The summed E-state index contributed by atoms with van der Waals surface area (Å²) in [6.45, 7) is 44.6. The van der Waals surface area contributed by atoms with Gasteiger partial charge in [-0.15, -0.1) is 0 Å². The molecule has 4 nitrogen and oxygen atoms in total. The van der Waals surface area contributed by atoms with Crippen molar-refractivity contribution in [3.63, 3.8) is 0 Å². The summed E-state index contributed by atoms with van der Waals surface area (Å²) in [4.78, 5) is 10.4. The van der Waals surface area contributed by atoms with Crippen LogP contribution in [0.15, 0.2) is 46.6 Å². The van der Waals surface area contributed by atoms with Crippen LogP contribution in [0, 0.1) is 10.8 Å². The zero-order valence-corrected chi connectivity index (χ0v) is 35.9. The van der Waals surface area contributed by atoms with Gasteiger partial charge in [-0.2, -0.15) is 0 Å². The molecule has 0 unspecified atom stereocenters. The predicted octanol–water partition coefficient (Wildman–Crippen LogP) is 10.3. The molecule has 4 heterocycles. The summed E-state index contributed by atoms with van der Waals surface area (Å²) >= 11 is 0. The van der Waals surface area contributed by atoms with Crippen LogP contribution in [-0.4, -0.2) is 92.1 Å². The maximum atomic E-state index is 2.70. The third-order valence-electron chi connectivity index (χ3n) is 15.3. The first-order valence-corrected chi connectivity index (χ1v) is 19.0. The van der Waals surface area contributed by atoms with Gasteiger partial charge in [0.2, 0.25) is 0 Å². The van der Waals surface area contributed by atoms with E-state index in [1.165, 1.54) is 0 Å². The van der Waals surface area contributed by atoms with E-state index in [2.05, 4.69) is 197 Å². The van der Waals surface area contributed by atoms with Crippen molar-refractivity contribution in [1.82, 2.24) is 19.6 Å². The SMILES string of the molecule is CN1C(C)(C)C=C(C(C)(C2=CC(C)(C)N(C)C(C)(C)C2)C(C)(C2=CC(C)(C)N(C)C(C)(C)C2)C2=CC(C)(C)N(C)C(C)(C)C2)CC1(C)C. The smallest absolute Gasteiger partial charge is 0.0340 e. The fraction of sp³-hybridized carbons (Fsp3) is 0.818. The topological polar surface area (TPSA) is 13.0 Å². The molecule has 4 heteroatoms.